The number of rotatable bonds is 5. The first kappa shape index (κ1) is 10.5. The summed E-state index contributed by atoms with van der Waals surface area (Å²) in [5.41, 5.74) is 0.234. The van der Waals surface area contributed by atoms with Crippen molar-refractivity contribution < 1.29 is 0 Å². The van der Waals surface area contributed by atoms with E-state index in [2.05, 4.69) is 32.2 Å². The van der Waals surface area contributed by atoms with Gasteiger partial charge in [0.05, 0.1) is 12.5 Å². The van der Waals surface area contributed by atoms with Gasteiger partial charge in [0, 0.05) is 11.6 Å². The van der Waals surface area contributed by atoms with Gasteiger partial charge in [-0.3, -0.25) is 0 Å². The van der Waals surface area contributed by atoms with Crippen LogP contribution in [0.4, 0.5) is 0 Å². The Morgan fingerprint density at radius 2 is 2.15 bits per heavy atom. The lowest BCUT2D eigenvalue weighted by Crippen LogP contribution is -2.47. The molecule has 1 aliphatic rings. The van der Waals surface area contributed by atoms with E-state index >= 15 is 0 Å². The predicted molar refractivity (Wildman–Crippen MR) is 54.2 cm³/mol. The van der Waals surface area contributed by atoms with Crippen molar-refractivity contribution in [3.05, 3.63) is 0 Å². The van der Waals surface area contributed by atoms with Crippen molar-refractivity contribution in [1.29, 1.82) is 5.26 Å². The molecule has 2 nitrogen and oxygen atoms in total. The van der Waals surface area contributed by atoms with Crippen molar-refractivity contribution in [2.24, 2.45) is 5.92 Å². The first-order valence-electron chi connectivity index (χ1n) is 5.24. The fourth-order valence-corrected chi connectivity index (χ4v) is 1.86. The van der Waals surface area contributed by atoms with E-state index in [1.165, 1.54) is 12.8 Å². The highest BCUT2D eigenvalue weighted by molar-refractivity contribution is 4.97. The van der Waals surface area contributed by atoms with Gasteiger partial charge in [0.1, 0.15) is 0 Å². The molecule has 0 spiro atoms. The lowest BCUT2D eigenvalue weighted by atomic mass is 9.96. The van der Waals surface area contributed by atoms with E-state index < -0.39 is 0 Å². The molecule has 1 unspecified atom stereocenters. The molecule has 0 aliphatic heterocycles. The highest BCUT2D eigenvalue weighted by Gasteiger charge is 2.38. The SMILES string of the molecule is CCC(CC#N)NC(C)(C)C1CC1. The van der Waals surface area contributed by atoms with E-state index in [1.54, 1.807) is 0 Å². The van der Waals surface area contributed by atoms with E-state index in [4.69, 9.17) is 5.26 Å². The third-order valence-corrected chi connectivity index (χ3v) is 3.00. The minimum absolute atomic E-state index is 0.234. The summed E-state index contributed by atoms with van der Waals surface area (Å²) in [5.74, 6) is 0.834. The zero-order valence-electron chi connectivity index (χ0n) is 8.93. The maximum atomic E-state index is 8.63. The largest absolute Gasteiger partial charge is 0.308 e. The summed E-state index contributed by atoms with van der Waals surface area (Å²) in [6.07, 6.45) is 4.38. The molecule has 0 saturated heterocycles. The van der Waals surface area contributed by atoms with Crippen LogP contribution in [0.5, 0.6) is 0 Å². The van der Waals surface area contributed by atoms with Gasteiger partial charge in [-0.2, -0.15) is 5.26 Å². The van der Waals surface area contributed by atoms with Crippen molar-refractivity contribution >= 4 is 0 Å². The quantitative estimate of drug-likeness (QED) is 0.705. The van der Waals surface area contributed by atoms with Gasteiger partial charge in [0.25, 0.3) is 0 Å². The monoisotopic (exact) mass is 180 g/mol. The first-order chi connectivity index (χ1) is 6.10. The topological polar surface area (TPSA) is 35.8 Å². The molecule has 13 heavy (non-hydrogen) atoms. The molecule has 0 aromatic heterocycles. The van der Waals surface area contributed by atoms with Gasteiger partial charge in [-0.15, -0.1) is 0 Å². The molecule has 0 aromatic carbocycles. The average molecular weight is 180 g/mol. The van der Waals surface area contributed by atoms with Crippen LogP contribution in [0, 0.1) is 17.2 Å². The highest BCUT2D eigenvalue weighted by Crippen LogP contribution is 2.39. The second-order valence-electron chi connectivity index (χ2n) is 4.61. The molecule has 74 valence electrons. The molecule has 1 aliphatic carbocycles. The molecule has 0 radical (unpaired) electrons. The van der Waals surface area contributed by atoms with Gasteiger partial charge in [-0.25, -0.2) is 0 Å². The van der Waals surface area contributed by atoms with Crippen molar-refractivity contribution in [2.75, 3.05) is 0 Å². The Bertz CT molecular complexity index is 199. The third-order valence-electron chi connectivity index (χ3n) is 3.00. The minimum Gasteiger partial charge on any atom is -0.308 e. The zero-order chi connectivity index (χ0) is 9.90. The van der Waals surface area contributed by atoms with E-state index in [-0.39, 0.29) is 5.54 Å². The van der Waals surface area contributed by atoms with Crippen molar-refractivity contribution in [3.63, 3.8) is 0 Å². The fraction of sp³-hybridized carbons (Fsp3) is 0.909. The zero-order valence-corrected chi connectivity index (χ0v) is 8.93. The van der Waals surface area contributed by atoms with Crippen LogP contribution in [0.15, 0.2) is 0 Å². The Hall–Kier alpha value is -0.550. The van der Waals surface area contributed by atoms with Crippen molar-refractivity contribution in [3.8, 4) is 6.07 Å². The van der Waals surface area contributed by atoms with Crippen LogP contribution < -0.4 is 5.32 Å². The Balaban J connectivity index is 2.39. The van der Waals surface area contributed by atoms with Crippen molar-refractivity contribution in [2.45, 2.75) is 58.0 Å². The Kier molecular flexibility index (Phi) is 3.33. The molecular formula is C11H20N2. The van der Waals surface area contributed by atoms with Crippen molar-refractivity contribution in [1.82, 2.24) is 5.32 Å². The third kappa shape index (κ3) is 3.00. The van der Waals surface area contributed by atoms with E-state index in [0.717, 1.165) is 12.3 Å². The summed E-state index contributed by atoms with van der Waals surface area (Å²) in [6.45, 7) is 6.65. The second-order valence-corrected chi connectivity index (χ2v) is 4.61. The maximum absolute atomic E-state index is 8.63. The molecular weight excluding hydrogens is 160 g/mol. The van der Waals surface area contributed by atoms with Crippen LogP contribution >= 0.6 is 0 Å². The summed E-state index contributed by atoms with van der Waals surface area (Å²) < 4.78 is 0. The molecule has 0 amide bonds. The van der Waals surface area contributed by atoms with Gasteiger partial charge >= 0.3 is 0 Å². The average Bonchev–Trinajstić information content (AvgIpc) is 2.85. The molecule has 1 rings (SSSR count). The van der Waals surface area contributed by atoms with Crippen LogP contribution in [0.2, 0.25) is 0 Å². The fourth-order valence-electron chi connectivity index (χ4n) is 1.86. The Labute approximate surface area is 81.3 Å². The number of hydrogen-bond donors (Lipinski definition) is 1. The summed E-state index contributed by atoms with van der Waals surface area (Å²) in [5, 5.41) is 12.2. The van der Waals surface area contributed by atoms with Crippen LogP contribution in [0.1, 0.15) is 46.5 Å². The van der Waals surface area contributed by atoms with Gasteiger partial charge in [-0.05, 0) is 39.0 Å². The van der Waals surface area contributed by atoms with Gasteiger partial charge in [0.15, 0.2) is 0 Å². The summed E-state index contributed by atoms with van der Waals surface area (Å²) in [6, 6.07) is 2.61. The number of hydrogen-bond acceptors (Lipinski definition) is 2. The molecule has 2 heteroatoms. The maximum Gasteiger partial charge on any atom is 0.0638 e. The molecule has 0 bridgehead atoms. The standard InChI is InChI=1S/C11H20N2/c1-4-10(7-8-12)13-11(2,3)9-5-6-9/h9-10,13H,4-7H2,1-3H3. The molecule has 1 fully saturated rings. The normalized spacial score (nSPS) is 19.5. The lowest BCUT2D eigenvalue weighted by Gasteiger charge is -2.30. The van der Waals surface area contributed by atoms with Gasteiger partial charge in [-0.1, -0.05) is 6.92 Å². The number of nitrogens with zero attached hydrogens (tertiary/aromatic N) is 1. The minimum atomic E-state index is 0.234. The lowest BCUT2D eigenvalue weighted by molar-refractivity contribution is 0.293. The summed E-state index contributed by atoms with van der Waals surface area (Å²) in [4.78, 5) is 0. The molecule has 0 heterocycles. The highest BCUT2D eigenvalue weighted by atomic mass is 15.0. The second kappa shape index (κ2) is 4.11. The molecule has 1 atom stereocenters. The van der Waals surface area contributed by atoms with Crippen LogP contribution in [-0.2, 0) is 0 Å². The summed E-state index contributed by atoms with van der Waals surface area (Å²) >= 11 is 0. The molecule has 1 saturated carbocycles. The number of nitriles is 1. The smallest absolute Gasteiger partial charge is 0.0638 e. The predicted octanol–water partition coefficient (Wildman–Crippen LogP) is 2.46. The van der Waals surface area contributed by atoms with E-state index in [0.29, 0.717) is 12.5 Å². The van der Waals surface area contributed by atoms with Gasteiger partial charge < -0.3 is 5.32 Å². The Morgan fingerprint density at radius 1 is 1.54 bits per heavy atom. The van der Waals surface area contributed by atoms with Gasteiger partial charge in [0.2, 0.25) is 0 Å². The first-order valence-corrected chi connectivity index (χ1v) is 5.24. The summed E-state index contributed by atoms with van der Waals surface area (Å²) in [7, 11) is 0. The van der Waals surface area contributed by atoms with Crippen LogP contribution in [0.25, 0.3) is 0 Å². The Morgan fingerprint density at radius 3 is 2.54 bits per heavy atom. The molecule has 1 N–H and O–H groups in total. The van der Waals surface area contributed by atoms with E-state index in [9.17, 15) is 0 Å². The molecule has 0 aromatic rings. The van der Waals surface area contributed by atoms with E-state index in [1.807, 2.05) is 0 Å². The number of nitrogens with one attached hydrogen (secondary N) is 1. The van der Waals surface area contributed by atoms with Crippen LogP contribution in [0.3, 0.4) is 0 Å². The van der Waals surface area contributed by atoms with Crippen LogP contribution in [-0.4, -0.2) is 11.6 Å².